The lowest BCUT2D eigenvalue weighted by molar-refractivity contribution is -0.137. The zero-order valence-corrected chi connectivity index (χ0v) is 12.0. The zero-order chi connectivity index (χ0) is 14.9. The van der Waals surface area contributed by atoms with Gasteiger partial charge >= 0.3 is 6.18 Å². The SMILES string of the molecule is NC(=O)C1CCCN(c2ncc(Br)cc2C(F)(F)F)C1. The number of carbonyl (C=O) groups excluding carboxylic acids is 1. The highest BCUT2D eigenvalue weighted by Gasteiger charge is 2.37. The molecule has 0 spiro atoms. The molecule has 1 fully saturated rings. The summed E-state index contributed by atoms with van der Waals surface area (Å²) in [6.45, 7) is 0.606. The molecule has 1 amide bonds. The number of rotatable bonds is 2. The first-order valence-corrected chi connectivity index (χ1v) is 6.85. The Morgan fingerprint density at radius 3 is 2.80 bits per heavy atom. The molecular formula is C12H13BrF3N3O. The van der Waals surface area contributed by atoms with E-state index in [2.05, 4.69) is 20.9 Å². The van der Waals surface area contributed by atoms with Crippen LogP contribution in [0.5, 0.6) is 0 Å². The van der Waals surface area contributed by atoms with Crippen LogP contribution in [0, 0.1) is 5.92 Å². The predicted octanol–water partition coefficient (Wildman–Crippen LogP) is 2.56. The summed E-state index contributed by atoms with van der Waals surface area (Å²) in [5.41, 5.74) is 4.43. The Balaban J connectivity index is 2.35. The largest absolute Gasteiger partial charge is 0.419 e. The molecule has 1 unspecified atom stereocenters. The highest BCUT2D eigenvalue weighted by molar-refractivity contribution is 9.10. The molecule has 0 aliphatic carbocycles. The predicted molar refractivity (Wildman–Crippen MR) is 71.1 cm³/mol. The van der Waals surface area contributed by atoms with E-state index < -0.39 is 23.6 Å². The van der Waals surface area contributed by atoms with Crippen LogP contribution in [0.2, 0.25) is 0 Å². The molecule has 2 N–H and O–H groups in total. The van der Waals surface area contributed by atoms with E-state index in [1.165, 1.54) is 11.1 Å². The Bertz CT molecular complexity index is 521. The molecule has 0 radical (unpaired) electrons. The number of nitrogens with two attached hydrogens (primary N) is 1. The maximum absolute atomic E-state index is 13.1. The van der Waals surface area contributed by atoms with Crippen LogP contribution in [0.15, 0.2) is 16.7 Å². The van der Waals surface area contributed by atoms with Crippen molar-refractivity contribution in [1.82, 2.24) is 4.98 Å². The van der Waals surface area contributed by atoms with Crippen LogP contribution in [0.1, 0.15) is 18.4 Å². The minimum atomic E-state index is -4.49. The van der Waals surface area contributed by atoms with Crippen LogP contribution >= 0.6 is 15.9 Å². The van der Waals surface area contributed by atoms with Gasteiger partial charge < -0.3 is 10.6 Å². The molecule has 0 aromatic carbocycles. The van der Waals surface area contributed by atoms with Gasteiger partial charge in [-0.3, -0.25) is 4.79 Å². The van der Waals surface area contributed by atoms with Crippen molar-refractivity contribution >= 4 is 27.7 Å². The van der Waals surface area contributed by atoms with E-state index in [0.29, 0.717) is 19.4 Å². The summed E-state index contributed by atoms with van der Waals surface area (Å²) in [6, 6.07) is 0.996. The maximum Gasteiger partial charge on any atom is 0.419 e. The molecule has 1 aliphatic heterocycles. The molecule has 110 valence electrons. The maximum atomic E-state index is 13.1. The third kappa shape index (κ3) is 3.23. The summed E-state index contributed by atoms with van der Waals surface area (Å²) >= 11 is 2.99. The molecule has 1 aromatic rings. The fourth-order valence-corrected chi connectivity index (χ4v) is 2.63. The lowest BCUT2D eigenvalue weighted by Gasteiger charge is -2.33. The number of aromatic nitrogens is 1. The summed E-state index contributed by atoms with van der Waals surface area (Å²) < 4.78 is 39.4. The van der Waals surface area contributed by atoms with E-state index in [-0.39, 0.29) is 16.8 Å². The fourth-order valence-electron chi connectivity index (χ4n) is 2.29. The molecule has 20 heavy (non-hydrogen) atoms. The van der Waals surface area contributed by atoms with Crippen molar-refractivity contribution in [3.8, 4) is 0 Å². The Hall–Kier alpha value is -1.31. The number of amides is 1. The average molecular weight is 352 g/mol. The van der Waals surface area contributed by atoms with Gasteiger partial charge in [0.05, 0.1) is 11.5 Å². The third-order valence-corrected chi connectivity index (χ3v) is 3.70. The lowest BCUT2D eigenvalue weighted by Crippen LogP contribution is -2.42. The first kappa shape index (κ1) is 15.1. The summed E-state index contributed by atoms with van der Waals surface area (Å²) in [7, 11) is 0. The van der Waals surface area contributed by atoms with E-state index >= 15 is 0 Å². The fraction of sp³-hybridized carbons (Fsp3) is 0.500. The minimum absolute atomic E-state index is 0.147. The number of halogens is 4. The number of pyridine rings is 1. The van der Waals surface area contributed by atoms with Crippen LogP contribution in [0.25, 0.3) is 0 Å². The Labute approximate surface area is 122 Å². The van der Waals surface area contributed by atoms with E-state index in [1.54, 1.807) is 0 Å². The Kier molecular flexibility index (Phi) is 4.22. The van der Waals surface area contributed by atoms with Crippen molar-refractivity contribution in [3.05, 3.63) is 22.3 Å². The first-order chi connectivity index (χ1) is 9.29. The molecule has 2 heterocycles. The molecule has 8 heteroatoms. The van der Waals surface area contributed by atoms with Crippen molar-refractivity contribution in [2.75, 3.05) is 18.0 Å². The third-order valence-electron chi connectivity index (χ3n) is 3.26. The quantitative estimate of drug-likeness (QED) is 0.890. The van der Waals surface area contributed by atoms with Crippen molar-refractivity contribution in [3.63, 3.8) is 0 Å². The van der Waals surface area contributed by atoms with Crippen LogP contribution < -0.4 is 10.6 Å². The second kappa shape index (κ2) is 5.59. The van der Waals surface area contributed by atoms with Crippen LogP contribution in [-0.4, -0.2) is 24.0 Å². The standard InChI is InChI=1S/C12H13BrF3N3O/c13-8-4-9(12(14,15)16)11(18-5-8)19-3-1-2-7(6-19)10(17)20/h4-5,7H,1-3,6H2,(H2,17,20). The highest BCUT2D eigenvalue weighted by Crippen LogP contribution is 2.37. The van der Waals surface area contributed by atoms with E-state index in [4.69, 9.17) is 5.73 Å². The lowest BCUT2D eigenvalue weighted by atomic mass is 9.97. The van der Waals surface area contributed by atoms with Gasteiger partial charge in [0, 0.05) is 23.8 Å². The van der Waals surface area contributed by atoms with E-state index in [1.807, 2.05) is 0 Å². The highest BCUT2D eigenvalue weighted by atomic mass is 79.9. The van der Waals surface area contributed by atoms with E-state index in [0.717, 1.165) is 6.07 Å². The first-order valence-electron chi connectivity index (χ1n) is 6.06. The molecule has 1 aliphatic rings. The number of hydrogen-bond acceptors (Lipinski definition) is 3. The molecule has 0 bridgehead atoms. The van der Waals surface area contributed by atoms with Crippen molar-refractivity contribution in [2.24, 2.45) is 11.7 Å². The Morgan fingerprint density at radius 2 is 2.20 bits per heavy atom. The topological polar surface area (TPSA) is 59.2 Å². The van der Waals surface area contributed by atoms with Gasteiger partial charge in [-0.2, -0.15) is 13.2 Å². The van der Waals surface area contributed by atoms with Crippen molar-refractivity contribution in [1.29, 1.82) is 0 Å². The van der Waals surface area contributed by atoms with Crippen LogP contribution in [-0.2, 0) is 11.0 Å². The smallest absolute Gasteiger partial charge is 0.369 e. The number of piperidine rings is 1. The summed E-state index contributed by atoms with van der Waals surface area (Å²) in [4.78, 5) is 16.6. The van der Waals surface area contributed by atoms with Gasteiger partial charge in [-0.1, -0.05) is 0 Å². The molecule has 1 atom stereocenters. The Morgan fingerprint density at radius 1 is 1.50 bits per heavy atom. The minimum Gasteiger partial charge on any atom is -0.369 e. The van der Waals surface area contributed by atoms with Gasteiger partial charge in [0.25, 0.3) is 0 Å². The van der Waals surface area contributed by atoms with Crippen molar-refractivity contribution in [2.45, 2.75) is 19.0 Å². The van der Waals surface area contributed by atoms with Gasteiger partial charge in [0.2, 0.25) is 5.91 Å². The second-order valence-corrected chi connectivity index (χ2v) is 5.63. The molecule has 1 aromatic heterocycles. The van der Waals surface area contributed by atoms with E-state index in [9.17, 15) is 18.0 Å². The number of primary amides is 1. The van der Waals surface area contributed by atoms with Gasteiger partial charge in [-0.05, 0) is 34.8 Å². The van der Waals surface area contributed by atoms with Gasteiger partial charge in [-0.15, -0.1) is 0 Å². The molecule has 2 rings (SSSR count). The molecule has 4 nitrogen and oxygen atoms in total. The zero-order valence-electron chi connectivity index (χ0n) is 10.5. The number of anilines is 1. The van der Waals surface area contributed by atoms with Crippen molar-refractivity contribution < 1.29 is 18.0 Å². The van der Waals surface area contributed by atoms with Crippen LogP contribution in [0.3, 0.4) is 0 Å². The summed E-state index contributed by atoms with van der Waals surface area (Å²) in [5, 5.41) is 0. The van der Waals surface area contributed by atoms with Gasteiger partial charge in [-0.25, -0.2) is 4.98 Å². The number of hydrogen-bond donors (Lipinski definition) is 1. The number of carbonyl (C=O) groups is 1. The monoisotopic (exact) mass is 351 g/mol. The summed E-state index contributed by atoms with van der Waals surface area (Å²) in [6.07, 6.45) is -1.96. The average Bonchev–Trinajstić information content (AvgIpc) is 2.37. The van der Waals surface area contributed by atoms with Gasteiger partial charge in [0.1, 0.15) is 5.82 Å². The molecule has 1 saturated heterocycles. The molecule has 0 saturated carbocycles. The number of alkyl halides is 3. The summed E-state index contributed by atoms with van der Waals surface area (Å²) in [5.74, 6) is -1.07. The normalized spacial score (nSPS) is 20.0. The van der Waals surface area contributed by atoms with Gasteiger partial charge in [0.15, 0.2) is 0 Å². The number of nitrogens with zero attached hydrogens (tertiary/aromatic N) is 2. The second-order valence-electron chi connectivity index (χ2n) is 4.71. The van der Waals surface area contributed by atoms with Crippen LogP contribution in [0.4, 0.5) is 19.0 Å². The molecular weight excluding hydrogens is 339 g/mol.